The number of esters is 1. The highest BCUT2D eigenvalue weighted by Gasteiger charge is 2.17. The number of rotatable bonds is 7. The lowest BCUT2D eigenvalue weighted by Gasteiger charge is -2.21. The van der Waals surface area contributed by atoms with Crippen molar-refractivity contribution in [2.75, 3.05) is 13.7 Å². The number of hydrogen-bond donors (Lipinski definition) is 1. The lowest BCUT2D eigenvalue weighted by atomic mass is 9.89. The maximum atomic E-state index is 11.6. The third-order valence-electron chi connectivity index (χ3n) is 4.16. The molecule has 0 fully saturated rings. The average molecular weight is 289 g/mol. The zero-order valence-electron chi connectivity index (χ0n) is 13.9. The number of methoxy groups -OCH3 is 1. The molecule has 21 heavy (non-hydrogen) atoms. The Kier molecular flexibility index (Phi) is 6.63. The van der Waals surface area contributed by atoms with Crippen LogP contribution in [0.5, 0.6) is 0 Å². The Labute approximate surface area is 128 Å². The Morgan fingerprint density at radius 1 is 1.29 bits per heavy atom. The second-order valence-electron chi connectivity index (χ2n) is 5.62. The van der Waals surface area contributed by atoms with Crippen LogP contribution in [0, 0.1) is 27.7 Å². The highest BCUT2D eigenvalue weighted by Crippen LogP contribution is 2.23. The predicted molar refractivity (Wildman–Crippen MR) is 87.7 cm³/mol. The number of hydrogen-bond acceptors (Lipinski definition) is 3. The summed E-state index contributed by atoms with van der Waals surface area (Å²) in [5.41, 5.74) is 6.56. The fourth-order valence-electron chi connectivity index (χ4n) is 2.60. The minimum absolute atomic E-state index is 0.0639. The predicted octanol–water partition coefficient (Wildman–Crippen LogP) is 3.17. The van der Waals surface area contributed by atoms with E-state index < -0.39 is 0 Å². The maximum Gasteiger partial charge on any atom is 0.307 e. The van der Waals surface area contributed by atoms with E-state index in [9.17, 15) is 4.79 Å². The van der Waals surface area contributed by atoms with Crippen LogP contribution in [-0.4, -0.2) is 25.7 Å². The molecule has 0 heterocycles. The van der Waals surface area contributed by atoms with E-state index >= 15 is 0 Å². The molecule has 0 aliphatic rings. The Bertz CT molecular complexity index is 494. The van der Waals surface area contributed by atoms with E-state index in [1.807, 2.05) is 6.08 Å². The van der Waals surface area contributed by atoms with Crippen molar-refractivity contribution in [3.8, 4) is 0 Å². The molecule has 1 aromatic carbocycles. The first kappa shape index (κ1) is 17.4. The van der Waals surface area contributed by atoms with Crippen LogP contribution in [0.25, 0.3) is 0 Å². The van der Waals surface area contributed by atoms with Crippen molar-refractivity contribution in [1.29, 1.82) is 0 Å². The molecule has 0 spiro atoms. The first-order valence-corrected chi connectivity index (χ1v) is 7.38. The van der Waals surface area contributed by atoms with Crippen molar-refractivity contribution in [3.05, 3.63) is 46.5 Å². The van der Waals surface area contributed by atoms with E-state index in [1.165, 1.54) is 34.9 Å². The number of nitrogens with one attached hydrogen (secondary N) is 1. The van der Waals surface area contributed by atoms with Crippen molar-refractivity contribution in [2.45, 2.75) is 46.6 Å². The van der Waals surface area contributed by atoms with Crippen LogP contribution < -0.4 is 5.32 Å². The Morgan fingerprint density at radius 3 is 2.33 bits per heavy atom. The lowest BCUT2D eigenvalue weighted by Crippen LogP contribution is -2.34. The largest absolute Gasteiger partial charge is 0.469 e. The van der Waals surface area contributed by atoms with Crippen LogP contribution in [0.15, 0.2) is 18.7 Å². The van der Waals surface area contributed by atoms with Crippen molar-refractivity contribution < 1.29 is 9.53 Å². The molecule has 0 aliphatic heterocycles. The summed E-state index contributed by atoms with van der Waals surface area (Å²) in [5.74, 6) is -0.184. The van der Waals surface area contributed by atoms with Gasteiger partial charge in [-0.3, -0.25) is 4.79 Å². The molecule has 0 aliphatic carbocycles. The number of benzene rings is 1. The van der Waals surface area contributed by atoms with Gasteiger partial charge in [-0.25, -0.2) is 0 Å². The van der Waals surface area contributed by atoms with Crippen LogP contribution in [0.4, 0.5) is 0 Å². The van der Waals surface area contributed by atoms with Gasteiger partial charge in [-0.2, -0.15) is 0 Å². The summed E-state index contributed by atoms with van der Waals surface area (Å²) in [4.78, 5) is 11.6. The summed E-state index contributed by atoms with van der Waals surface area (Å²) in [6.45, 7) is 13.0. The highest BCUT2D eigenvalue weighted by atomic mass is 16.5. The average Bonchev–Trinajstić information content (AvgIpc) is 2.46. The van der Waals surface area contributed by atoms with E-state index in [-0.39, 0.29) is 12.0 Å². The van der Waals surface area contributed by atoms with Crippen LogP contribution in [0.3, 0.4) is 0 Å². The molecular weight excluding hydrogens is 262 g/mol. The van der Waals surface area contributed by atoms with Gasteiger partial charge in [-0.15, -0.1) is 6.58 Å². The Balaban J connectivity index is 3.02. The van der Waals surface area contributed by atoms with Crippen molar-refractivity contribution in [1.82, 2.24) is 5.32 Å². The minimum Gasteiger partial charge on any atom is -0.469 e. The molecule has 0 radical (unpaired) electrons. The Hall–Kier alpha value is -1.61. The fraction of sp³-hybridized carbons (Fsp3) is 0.500. The molecule has 1 rings (SSSR count). The summed E-state index contributed by atoms with van der Waals surface area (Å²) >= 11 is 0. The van der Waals surface area contributed by atoms with Gasteiger partial charge in [-0.05, 0) is 61.9 Å². The molecule has 1 unspecified atom stereocenters. The summed E-state index contributed by atoms with van der Waals surface area (Å²) in [7, 11) is 1.43. The van der Waals surface area contributed by atoms with Gasteiger partial charge in [0.2, 0.25) is 0 Å². The van der Waals surface area contributed by atoms with E-state index in [4.69, 9.17) is 4.74 Å². The molecule has 1 aromatic rings. The molecule has 0 saturated carbocycles. The highest BCUT2D eigenvalue weighted by molar-refractivity contribution is 5.70. The smallest absolute Gasteiger partial charge is 0.307 e. The minimum atomic E-state index is -0.184. The van der Waals surface area contributed by atoms with Gasteiger partial charge >= 0.3 is 5.97 Å². The fourth-order valence-corrected chi connectivity index (χ4v) is 2.60. The van der Waals surface area contributed by atoms with Gasteiger partial charge in [0.15, 0.2) is 0 Å². The number of carbonyl (C=O) groups is 1. The molecule has 0 bridgehead atoms. The van der Waals surface area contributed by atoms with E-state index in [0.29, 0.717) is 13.0 Å². The van der Waals surface area contributed by atoms with Gasteiger partial charge in [0, 0.05) is 12.6 Å². The second-order valence-corrected chi connectivity index (χ2v) is 5.62. The number of aryl methyl sites for hydroxylation is 2. The molecule has 0 aromatic heterocycles. The van der Waals surface area contributed by atoms with Gasteiger partial charge in [-0.1, -0.05) is 12.1 Å². The van der Waals surface area contributed by atoms with Crippen molar-refractivity contribution in [2.24, 2.45) is 0 Å². The third kappa shape index (κ3) is 4.71. The van der Waals surface area contributed by atoms with Crippen LogP contribution >= 0.6 is 0 Å². The molecule has 3 heteroatoms. The third-order valence-corrected chi connectivity index (χ3v) is 4.16. The summed E-state index contributed by atoms with van der Waals surface area (Å²) in [6.07, 6.45) is 3.00. The Morgan fingerprint density at radius 2 is 1.86 bits per heavy atom. The number of ether oxygens (including phenoxy) is 1. The van der Waals surface area contributed by atoms with Gasteiger partial charge in [0.05, 0.1) is 13.5 Å². The van der Waals surface area contributed by atoms with E-state index in [2.05, 4.69) is 45.7 Å². The molecule has 1 N–H and O–H groups in total. The molecular formula is C18H27NO2. The van der Waals surface area contributed by atoms with Crippen molar-refractivity contribution in [3.63, 3.8) is 0 Å². The van der Waals surface area contributed by atoms with Crippen LogP contribution in [0.2, 0.25) is 0 Å². The number of carbonyl (C=O) groups excluding carboxylic acids is 1. The summed E-state index contributed by atoms with van der Waals surface area (Å²) in [6, 6.07) is 2.29. The topological polar surface area (TPSA) is 38.3 Å². The van der Waals surface area contributed by atoms with Crippen LogP contribution in [0.1, 0.15) is 34.2 Å². The van der Waals surface area contributed by atoms with Gasteiger partial charge in [0.1, 0.15) is 0 Å². The normalized spacial score (nSPS) is 12.0. The summed E-state index contributed by atoms with van der Waals surface area (Å²) < 4.78 is 4.80. The van der Waals surface area contributed by atoms with Gasteiger partial charge < -0.3 is 10.1 Å². The molecule has 116 valence electrons. The standard InChI is InChI=1S/C18H27NO2/c1-7-8-19-16(11-18(20)21-6)10-17-14(4)12(2)9-13(3)15(17)5/h7,9,16,19H,1,8,10-11H2,2-6H3. The van der Waals surface area contributed by atoms with E-state index in [1.54, 1.807) is 0 Å². The zero-order valence-corrected chi connectivity index (χ0v) is 13.9. The summed E-state index contributed by atoms with van der Waals surface area (Å²) in [5, 5.41) is 3.36. The molecule has 3 nitrogen and oxygen atoms in total. The molecule has 1 atom stereocenters. The maximum absolute atomic E-state index is 11.6. The molecule has 0 amide bonds. The molecule has 0 saturated heterocycles. The van der Waals surface area contributed by atoms with Crippen LogP contribution in [-0.2, 0) is 16.0 Å². The SMILES string of the molecule is C=CCNC(CC(=O)OC)Cc1c(C)c(C)cc(C)c1C. The first-order chi connectivity index (χ1) is 9.90. The van der Waals surface area contributed by atoms with Crippen molar-refractivity contribution >= 4 is 5.97 Å². The quantitative estimate of drug-likeness (QED) is 0.619. The zero-order chi connectivity index (χ0) is 16.0. The second kappa shape index (κ2) is 7.99. The van der Waals surface area contributed by atoms with E-state index in [0.717, 1.165) is 6.42 Å². The monoisotopic (exact) mass is 289 g/mol. The van der Waals surface area contributed by atoms with Gasteiger partial charge in [0.25, 0.3) is 0 Å². The first-order valence-electron chi connectivity index (χ1n) is 7.38. The lowest BCUT2D eigenvalue weighted by molar-refractivity contribution is -0.141.